The van der Waals surface area contributed by atoms with Crippen LogP contribution in [-0.2, 0) is 17.9 Å². The fraction of sp³-hybridized carbons (Fsp3) is 0.240. The number of fused-ring (bicyclic) bond motifs is 1. The van der Waals surface area contributed by atoms with Crippen LogP contribution in [0, 0.1) is 0 Å². The molecule has 0 spiro atoms. The Labute approximate surface area is 190 Å². The Balaban J connectivity index is 1.59. The van der Waals surface area contributed by atoms with Crippen molar-refractivity contribution in [2.45, 2.75) is 33.0 Å². The average molecular weight is 448 g/mol. The van der Waals surface area contributed by atoms with Gasteiger partial charge in [-0.1, -0.05) is 30.3 Å². The molecule has 0 aliphatic carbocycles. The number of ether oxygens (including phenoxy) is 1. The SMILES string of the molecule is COc1ccc(-c2cc3ncn(CC(=O)N(Cc4ccccc4)C(C)C)c(=O)c3s2)cc1. The Bertz CT molecular complexity index is 1280. The van der Waals surface area contributed by atoms with E-state index in [4.69, 9.17) is 4.74 Å². The Hall–Kier alpha value is -3.45. The third-order valence-electron chi connectivity index (χ3n) is 5.32. The lowest BCUT2D eigenvalue weighted by Crippen LogP contribution is -2.40. The summed E-state index contributed by atoms with van der Waals surface area (Å²) in [5.41, 5.74) is 2.48. The maximum atomic E-state index is 13.1. The predicted octanol–water partition coefficient (Wildman–Crippen LogP) is 4.57. The van der Waals surface area contributed by atoms with Crippen molar-refractivity contribution in [1.82, 2.24) is 14.5 Å². The number of benzene rings is 2. The molecule has 2 heterocycles. The zero-order valence-corrected chi connectivity index (χ0v) is 19.1. The molecule has 4 rings (SSSR count). The van der Waals surface area contributed by atoms with Gasteiger partial charge in [-0.05, 0) is 55.3 Å². The van der Waals surface area contributed by atoms with E-state index in [9.17, 15) is 9.59 Å². The molecule has 4 aromatic rings. The zero-order valence-electron chi connectivity index (χ0n) is 18.3. The smallest absolute Gasteiger partial charge is 0.271 e. The van der Waals surface area contributed by atoms with Gasteiger partial charge in [0, 0.05) is 17.5 Å². The molecule has 2 aromatic carbocycles. The first kappa shape index (κ1) is 21.8. The van der Waals surface area contributed by atoms with Gasteiger partial charge in [0.05, 0.1) is 19.0 Å². The van der Waals surface area contributed by atoms with Gasteiger partial charge in [0.25, 0.3) is 5.56 Å². The number of methoxy groups -OCH3 is 1. The summed E-state index contributed by atoms with van der Waals surface area (Å²) in [7, 11) is 1.63. The molecule has 0 fully saturated rings. The van der Waals surface area contributed by atoms with Crippen molar-refractivity contribution < 1.29 is 9.53 Å². The highest BCUT2D eigenvalue weighted by Gasteiger charge is 2.19. The zero-order chi connectivity index (χ0) is 22.7. The largest absolute Gasteiger partial charge is 0.497 e. The number of rotatable bonds is 7. The molecule has 164 valence electrons. The molecule has 0 atom stereocenters. The van der Waals surface area contributed by atoms with Gasteiger partial charge in [-0.2, -0.15) is 0 Å². The first-order valence-electron chi connectivity index (χ1n) is 10.4. The van der Waals surface area contributed by atoms with Crippen molar-refractivity contribution in [3.8, 4) is 16.2 Å². The quantitative estimate of drug-likeness (QED) is 0.416. The molecule has 1 amide bonds. The van der Waals surface area contributed by atoms with Crippen molar-refractivity contribution in [3.63, 3.8) is 0 Å². The molecule has 0 bridgehead atoms. The van der Waals surface area contributed by atoms with Crippen molar-refractivity contribution in [3.05, 3.63) is 82.9 Å². The van der Waals surface area contributed by atoms with Crippen LogP contribution in [0.25, 0.3) is 20.7 Å². The van der Waals surface area contributed by atoms with E-state index in [1.165, 1.54) is 22.2 Å². The second kappa shape index (κ2) is 9.36. The Morgan fingerprint density at radius 1 is 1.12 bits per heavy atom. The van der Waals surface area contributed by atoms with E-state index in [-0.39, 0.29) is 24.1 Å². The number of nitrogens with zero attached hydrogens (tertiary/aromatic N) is 3. The monoisotopic (exact) mass is 447 g/mol. The summed E-state index contributed by atoms with van der Waals surface area (Å²) in [5, 5.41) is 0. The minimum atomic E-state index is -0.198. The maximum Gasteiger partial charge on any atom is 0.271 e. The van der Waals surface area contributed by atoms with Gasteiger partial charge in [0.2, 0.25) is 5.91 Å². The summed E-state index contributed by atoms with van der Waals surface area (Å²) in [4.78, 5) is 33.3. The molecule has 2 aromatic heterocycles. The standard InChI is InChI=1S/C25H25N3O3S/c1-17(2)28(14-18-7-5-4-6-8-18)23(29)15-27-16-26-21-13-22(32-24(21)25(27)30)19-9-11-20(31-3)12-10-19/h4-13,16-17H,14-15H2,1-3H3. The van der Waals surface area contributed by atoms with Gasteiger partial charge >= 0.3 is 0 Å². The van der Waals surface area contributed by atoms with Crippen molar-refractivity contribution in [2.75, 3.05) is 7.11 Å². The van der Waals surface area contributed by atoms with E-state index in [1.54, 1.807) is 12.0 Å². The minimum Gasteiger partial charge on any atom is -0.497 e. The van der Waals surface area contributed by atoms with Crippen molar-refractivity contribution in [1.29, 1.82) is 0 Å². The van der Waals surface area contributed by atoms with Crippen LogP contribution in [0.5, 0.6) is 5.75 Å². The molecule has 32 heavy (non-hydrogen) atoms. The van der Waals surface area contributed by atoms with E-state index in [0.29, 0.717) is 16.8 Å². The number of aromatic nitrogens is 2. The predicted molar refractivity (Wildman–Crippen MR) is 128 cm³/mol. The summed E-state index contributed by atoms with van der Waals surface area (Å²) in [6.07, 6.45) is 1.47. The summed E-state index contributed by atoms with van der Waals surface area (Å²) < 4.78 is 7.16. The third kappa shape index (κ3) is 4.57. The van der Waals surface area contributed by atoms with Crippen LogP contribution in [0.15, 0.2) is 71.8 Å². The molecule has 0 aliphatic heterocycles. The summed E-state index contributed by atoms with van der Waals surface area (Å²) in [5.74, 6) is 0.665. The van der Waals surface area contributed by atoms with Crippen LogP contribution in [0.1, 0.15) is 19.4 Å². The van der Waals surface area contributed by atoms with E-state index in [0.717, 1.165) is 21.8 Å². The number of hydrogen-bond donors (Lipinski definition) is 0. The molecule has 0 N–H and O–H groups in total. The summed E-state index contributed by atoms with van der Waals surface area (Å²) in [6.45, 7) is 4.42. The molecular weight excluding hydrogens is 422 g/mol. The van der Waals surface area contributed by atoms with E-state index >= 15 is 0 Å². The molecule has 0 aliphatic rings. The molecule has 0 saturated heterocycles. The highest BCUT2D eigenvalue weighted by atomic mass is 32.1. The van der Waals surface area contributed by atoms with Crippen LogP contribution in [0.3, 0.4) is 0 Å². The minimum absolute atomic E-state index is 0.0125. The summed E-state index contributed by atoms with van der Waals surface area (Å²) >= 11 is 1.39. The van der Waals surface area contributed by atoms with Gasteiger partial charge < -0.3 is 9.64 Å². The topological polar surface area (TPSA) is 64.4 Å². The van der Waals surface area contributed by atoms with Crippen molar-refractivity contribution in [2.24, 2.45) is 0 Å². The van der Waals surface area contributed by atoms with E-state index < -0.39 is 0 Å². The van der Waals surface area contributed by atoms with Crippen LogP contribution >= 0.6 is 11.3 Å². The van der Waals surface area contributed by atoms with Gasteiger partial charge in [-0.15, -0.1) is 11.3 Å². The molecule has 0 unspecified atom stereocenters. The molecule has 0 radical (unpaired) electrons. The first-order valence-corrected chi connectivity index (χ1v) is 11.2. The number of carbonyl (C=O) groups excluding carboxylic acids is 1. The number of thiophene rings is 1. The second-order valence-electron chi connectivity index (χ2n) is 7.83. The lowest BCUT2D eigenvalue weighted by atomic mass is 10.2. The number of amides is 1. The number of carbonyl (C=O) groups is 1. The molecule has 0 saturated carbocycles. The van der Waals surface area contributed by atoms with Gasteiger partial charge in [0.1, 0.15) is 17.0 Å². The highest BCUT2D eigenvalue weighted by Crippen LogP contribution is 2.31. The van der Waals surface area contributed by atoms with Gasteiger partial charge in [0.15, 0.2) is 0 Å². The lowest BCUT2D eigenvalue weighted by molar-refractivity contribution is -0.134. The van der Waals surface area contributed by atoms with Gasteiger partial charge in [-0.25, -0.2) is 4.98 Å². The fourth-order valence-electron chi connectivity index (χ4n) is 3.53. The lowest BCUT2D eigenvalue weighted by Gasteiger charge is -2.27. The average Bonchev–Trinajstić information content (AvgIpc) is 3.25. The fourth-order valence-corrected chi connectivity index (χ4v) is 4.60. The van der Waals surface area contributed by atoms with E-state index in [2.05, 4.69) is 4.98 Å². The van der Waals surface area contributed by atoms with Crippen molar-refractivity contribution >= 4 is 27.5 Å². The molecule has 6 nitrogen and oxygen atoms in total. The van der Waals surface area contributed by atoms with Gasteiger partial charge in [-0.3, -0.25) is 14.2 Å². The first-order chi connectivity index (χ1) is 15.5. The highest BCUT2D eigenvalue weighted by molar-refractivity contribution is 7.22. The second-order valence-corrected chi connectivity index (χ2v) is 8.88. The molecule has 7 heteroatoms. The Morgan fingerprint density at radius 2 is 1.84 bits per heavy atom. The Morgan fingerprint density at radius 3 is 2.50 bits per heavy atom. The van der Waals surface area contributed by atoms with Crippen LogP contribution < -0.4 is 10.3 Å². The Kier molecular flexibility index (Phi) is 6.37. The molecular formula is C25H25N3O3S. The van der Waals surface area contributed by atoms with E-state index in [1.807, 2.05) is 74.5 Å². The van der Waals surface area contributed by atoms with Crippen LogP contribution in [0.2, 0.25) is 0 Å². The third-order valence-corrected chi connectivity index (χ3v) is 6.48. The normalized spacial score (nSPS) is 11.1. The van der Waals surface area contributed by atoms with Crippen LogP contribution in [-0.4, -0.2) is 33.5 Å². The van der Waals surface area contributed by atoms with Crippen LogP contribution in [0.4, 0.5) is 0 Å². The summed E-state index contributed by atoms with van der Waals surface area (Å²) in [6, 6.07) is 19.5. The maximum absolute atomic E-state index is 13.1. The number of hydrogen-bond acceptors (Lipinski definition) is 5.